The molecule has 0 spiro atoms. The number of aliphatic hydroxyl groups is 1. The first kappa shape index (κ1) is 23.4. The lowest BCUT2D eigenvalue weighted by Crippen LogP contribution is -2.30. The van der Waals surface area contributed by atoms with Gasteiger partial charge in [0.15, 0.2) is 0 Å². The molecular formula is C26H31NO5. The van der Waals surface area contributed by atoms with Crippen LogP contribution in [0.25, 0.3) is 5.76 Å². The van der Waals surface area contributed by atoms with Gasteiger partial charge in [-0.1, -0.05) is 31.9 Å². The van der Waals surface area contributed by atoms with Crippen molar-refractivity contribution in [2.45, 2.75) is 46.1 Å². The zero-order chi connectivity index (χ0) is 23.3. The molecule has 0 radical (unpaired) electrons. The second-order valence-electron chi connectivity index (χ2n) is 7.89. The number of nitrogens with zero attached hydrogens (tertiary/aromatic N) is 1. The van der Waals surface area contributed by atoms with Crippen molar-refractivity contribution in [1.29, 1.82) is 0 Å². The topological polar surface area (TPSA) is 76.1 Å². The molecular weight excluding hydrogens is 406 g/mol. The monoisotopic (exact) mass is 437 g/mol. The van der Waals surface area contributed by atoms with Crippen LogP contribution in [0.3, 0.4) is 0 Å². The van der Waals surface area contributed by atoms with Gasteiger partial charge in [-0.2, -0.15) is 0 Å². The molecule has 1 aliphatic heterocycles. The molecule has 1 unspecified atom stereocenters. The molecule has 170 valence electrons. The van der Waals surface area contributed by atoms with Gasteiger partial charge in [-0.3, -0.25) is 9.59 Å². The fraction of sp³-hybridized carbons (Fsp3) is 0.385. The van der Waals surface area contributed by atoms with Crippen LogP contribution in [-0.2, 0) is 9.59 Å². The van der Waals surface area contributed by atoms with Gasteiger partial charge in [0.1, 0.15) is 17.3 Å². The molecule has 1 N–H and O–H groups in total. The predicted octanol–water partition coefficient (Wildman–Crippen LogP) is 5.01. The van der Waals surface area contributed by atoms with Gasteiger partial charge in [-0.25, -0.2) is 0 Å². The SMILES string of the molecule is CCCCCN1C(=O)C(=O)/C(=C(\O)c2ccc(OCC)c(C)c2)C1c1cccc(OC)c1. The van der Waals surface area contributed by atoms with E-state index in [0.717, 1.165) is 30.4 Å². The minimum atomic E-state index is -0.672. The predicted molar refractivity (Wildman–Crippen MR) is 124 cm³/mol. The molecule has 1 aliphatic rings. The van der Waals surface area contributed by atoms with Crippen LogP contribution in [0.4, 0.5) is 0 Å². The highest BCUT2D eigenvalue weighted by molar-refractivity contribution is 6.46. The van der Waals surface area contributed by atoms with Crippen LogP contribution in [0.15, 0.2) is 48.0 Å². The Labute approximate surface area is 189 Å². The lowest BCUT2D eigenvalue weighted by molar-refractivity contribution is -0.139. The molecule has 1 heterocycles. The molecule has 32 heavy (non-hydrogen) atoms. The van der Waals surface area contributed by atoms with Crippen molar-refractivity contribution in [2.24, 2.45) is 0 Å². The van der Waals surface area contributed by atoms with E-state index in [2.05, 4.69) is 6.92 Å². The van der Waals surface area contributed by atoms with E-state index < -0.39 is 17.7 Å². The molecule has 6 nitrogen and oxygen atoms in total. The number of amides is 1. The fourth-order valence-electron chi connectivity index (χ4n) is 4.07. The van der Waals surface area contributed by atoms with Gasteiger partial charge >= 0.3 is 0 Å². The lowest BCUT2D eigenvalue weighted by atomic mass is 9.94. The number of methoxy groups -OCH3 is 1. The summed E-state index contributed by atoms with van der Waals surface area (Å²) in [5.74, 6) is -0.0937. The third-order valence-corrected chi connectivity index (χ3v) is 5.70. The lowest BCUT2D eigenvalue weighted by Gasteiger charge is -2.25. The third kappa shape index (κ3) is 4.64. The van der Waals surface area contributed by atoms with E-state index in [1.165, 1.54) is 0 Å². The molecule has 3 rings (SSSR count). The Morgan fingerprint density at radius 2 is 1.88 bits per heavy atom. The molecule has 2 aromatic carbocycles. The molecule has 1 saturated heterocycles. The summed E-state index contributed by atoms with van der Waals surface area (Å²) in [6.07, 6.45) is 2.73. The van der Waals surface area contributed by atoms with Crippen LogP contribution in [0.5, 0.6) is 11.5 Å². The van der Waals surface area contributed by atoms with Crippen molar-refractivity contribution in [3.63, 3.8) is 0 Å². The van der Waals surface area contributed by atoms with Crippen molar-refractivity contribution in [3.8, 4) is 11.5 Å². The third-order valence-electron chi connectivity index (χ3n) is 5.70. The van der Waals surface area contributed by atoms with Crippen LogP contribution in [0, 0.1) is 6.92 Å². The first-order valence-electron chi connectivity index (χ1n) is 11.1. The zero-order valence-electron chi connectivity index (χ0n) is 19.2. The smallest absolute Gasteiger partial charge is 0.295 e. The minimum Gasteiger partial charge on any atom is -0.507 e. The average molecular weight is 438 g/mol. The maximum atomic E-state index is 13.1. The summed E-state index contributed by atoms with van der Waals surface area (Å²) in [7, 11) is 1.57. The highest BCUT2D eigenvalue weighted by Crippen LogP contribution is 2.40. The normalized spacial score (nSPS) is 17.6. The molecule has 2 aromatic rings. The zero-order valence-corrected chi connectivity index (χ0v) is 19.2. The molecule has 0 bridgehead atoms. The number of hydrogen-bond donors (Lipinski definition) is 1. The van der Waals surface area contributed by atoms with E-state index in [-0.39, 0.29) is 11.3 Å². The number of likely N-dealkylation sites (tertiary alicyclic amines) is 1. The fourth-order valence-corrected chi connectivity index (χ4v) is 4.07. The number of aliphatic hydroxyl groups excluding tert-OH is 1. The number of benzene rings is 2. The molecule has 1 atom stereocenters. The summed E-state index contributed by atoms with van der Waals surface area (Å²) in [5.41, 5.74) is 2.14. The summed E-state index contributed by atoms with van der Waals surface area (Å²) in [6.45, 7) is 6.85. The summed E-state index contributed by atoms with van der Waals surface area (Å²) in [6, 6.07) is 11.9. The van der Waals surface area contributed by atoms with Crippen molar-refractivity contribution in [1.82, 2.24) is 4.90 Å². The van der Waals surface area contributed by atoms with Gasteiger partial charge in [0.2, 0.25) is 0 Å². The van der Waals surface area contributed by atoms with E-state index >= 15 is 0 Å². The number of Topliss-reactive ketones (excluding diaryl/α,β-unsaturated/α-hetero) is 1. The van der Waals surface area contributed by atoms with E-state index in [9.17, 15) is 14.7 Å². The molecule has 0 saturated carbocycles. The Balaban J connectivity index is 2.12. The van der Waals surface area contributed by atoms with Crippen molar-refractivity contribution < 1.29 is 24.2 Å². The van der Waals surface area contributed by atoms with Gasteiger partial charge in [-0.15, -0.1) is 0 Å². The summed E-state index contributed by atoms with van der Waals surface area (Å²) < 4.78 is 10.9. The Hall–Kier alpha value is -3.28. The summed E-state index contributed by atoms with van der Waals surface area (Å²) in [4.78, 5) is 27.6. The van der Waals surface area contributed by atoms with Crippen LogP contribution in [0.1, 0.15) is 55.8 Å². The van der Waals surface area contributed by atoms with Crippen molar-refractivity contribution >= 4 is 17.4 Å². The number of carbonyl (C=O) groups excluding carboxylic acids is 2. The first-order chi connectivity index (χ1) is 15.4. The van der Waals surface area contributed by atoms with Crippen LogP contribution in [-0.4, -0.2) is 42.0 Å². The van der Waals surface area contributed by atoms with Crippen LogP contribution in [0.2, 0.25) is 0 Å². The number of rotatable bonds is 9. The van der Waals surface area contributed by atoms with E-state index in [1.54, 1.807) is 36.3 Å². The number of unbranched alkanes of at least 4 members (excludes halogenated alkanes) is 2. The van der Waals surface area contributed by atoms with Gasteiger partial charge in [0, 0.05) is 12.1 Å². The Bertz CT molecular complexity index is 1030. The molecule has 1 fully saturated rings. The quantitative estimate of drug-likeness (QED) is 0.258. The minimum absolute atomic E-state index is 0.100. The average Bonchev–Trinajstić information content (AvgIpc) is 3.05. The largest absolute Gasteiger partial charge is 0.507 e. The Morgan fingerprint density at radius 3 is 2.53 bits per heavy atom. The van der Waals surface area contributed by atoms with Gasteiger partial charge in [-0.05, 0) is 61.7 Å². The standard InChI is InChI=1S/C26H31NO5/c1-5-7-8-14-27-23(18-10-9-11-20(16-18)31-4)22(25(29)26(27)30)24(28)19-12-13-21(32-6-2)17(3)15-19/h9-13,15-16,23,28H,5-8,14H2,1-4H3/b24-22-. The number of ether oxygens (including phenoxy) is 2. The highest BCUT2D eigenvalue weighted by atomic mass is 16.5. The van der Waals surface area contributed by atoms with Crippen LogP contribution >= 0.6 is 0 Å². The number of ketones is 1. The number of aryl methyl sites for hydroxylation is 1. The van der Waals surface area contributed by atoms with Gasteiger partial charge in [0.05, 0.1) is 25.3 Å². The van der Waals surface area contributed by atoms with E-state index in [4.69, 9.17) is 9.47 Å². The number of carbonyl (C=O) groups is 2. The highest BCUT2D eigenvalue weighted by Gasteiger charge is 2.45. The van der Waals surface area contributed by atoms with E-state index in [1.807, 2.05) is 32.0 Å². The second kappa shape index (κ2) is 10.4. The first-order valence-corrected chi connectivity index (χ1v) is 11.1. The molecule has 0 aromatic heterocycles. The van der Waals surface area contributed by atoms with Crippen molar-refractivity contribution in [3.05, 3.63) is 64.7 Å². The van der Waals surface area contributed by atoms with E-state index in [0.29, 0.717) is 30.2 Å². The molecule has 1 amide bonds. The summed E-state index contributed by atoms with van der Waals surface area (Å²) in [5, 5.41) is 11.2. The summed E-state index contributed by atoms with van der Waals surface area (Å²) >= 11 is 0. The Morgan fingerprint density at radius 1 is 1.09 bits per heavy atom. The van der Waals surface area contributed by atoms with Crippen LogP contribution < -0.4 is 9.47 Å². The molecule has 6 heteroatoms. The maximum absolute atomic E-state index is 13.1. The Kier molecular flexibility index (Phi) is 7.57. The maximum Gasteiger partial charge on any atom is 0.295 e. The second-order valence-corrected chi connectivity index (χ2v) is 7.89. The molecule has 0 aliphatic carbocycles. The van der Waals surface area contributed by atoms with Gasteiger partial charge in [0.25, 0.3) is 11.7 Å². The number of hydrogen-bond acceptors (Lipinski definition) is 5. The van der Waals surface area contributed by atoms with Gasteiger partial charge < -0.3 is 19.5 Å². The van der Waals surface area contributed by atoms with Crippen molar-refractivity contribution in [2.75, 3.05) is 20.3 Å².